The van der Waals surface area contributed by atoms with Gasteiger partial charge in [0.2, 0.25) is 5.91 Å². The van der Waals surface area contributed by atoms with Gasteiger partial charge in [-0.15, -0.1) is 0 Å². The van der Waals surface area contributed by atoms with Crippen LogP contribution in [0.4, 0.5) is 4.79 Å². The maximum Gasteiger partial charge on any atom is 0.415 e. The zero-order valence-corrected chi connectivity index (χ0v) is 17.1. The summed E-state index contributed by atoms with van der Waals surface area (Å²) in [5.74, 6) is -0.244. The molecular weight excluding hydrogens is 432 g/mol. The van der Waals surface area contributed by atoms with Crippen molar-refractivity contribution in [3.63, 3.8) is 0 Å². The smallest absolute Gasteiger partial charge is 0.415 e. The molecule has 2 aromatic carbocycles. The summed E-state index contributed by atoms with van der Waals surface area (Å²) in [6.45, 7) is 0.0230. The van der Waals surface area contributed by atoms with Gasteiger partial charge >= 0.3 is 6.09 Å². The number of hydrogen-bond acceptors (Lipinski definition) is 3. The van der Waals surface area contributed by atoms with E-state index in [1.165, 1.54) is 4.90 Å². The molecule has 2 amide bonds. The predicted octanol–water partition coefficient (Wildman–Crippen LogP) is 4.38. The Kier molecular flexibility index (Phi) is 5.62. The Morgan fingerprint density at radius 1 is 1.10 bits per heavy atom. The minimum Gasteiger partial charge on any atom is -0.444 e. The SMILES string of the molecule is O=C1CN(C(=O)OCc2ccccc2)C(c2ccccc2)=C2C=C(Br)C=CC2N1. The highest BCUT2D eigenvalue weighted by molar-refractivity contribution is 9.11. The molecule has 2 aliphatic rings. The Balaban J connectivity index is 1.73. The number of nitrogens with one attached hydrogen (secondary N) is 1. The third-order valence-corrected chi connectivity index (χ3v) is 5.20. The molecule has 4 rings (SSSR count). The highest BCUT2D eigenvalue weighted by Gasteiger charge is 2.33. The Morgan fingerprint density at radius 2 is 1.79 bits per heavy atom. The van der Waals surface area contributed by atoms with Crippen LogP contribution in [0.15, 0.2) is 88.9 Å². The van der Waals surface area contributed by atoms with E-state index in [1.54, 1.807) is 0 Å². The molecule has 0 spiro atoms. The number of carbonyl (C=O) groups excluding carboxylic acids is 2. The molecule has 5 nitrogen and oxygen atoms in total. The zero-order valence-electron chi connectivity index (χ0n) is 15.5. The lowest BCUT2D eigenvalue weighted by Crippen LogP contribution is -2.39. The third-order valence-electron chi connectivity index (χ3n) is 4.71. The van der Waals surface area contributed by atoms with Crippen LogP contribution in [0.1, 0.15) is 11.1 Å². The van der Waals surface area contributed by atoms with Gasteiger partial charge in [-0.05, 0) is 23.3 Å². The topological polar surface area (TPSA) is 58.6 Å². The van der Waals surface area contributed by atoms with E-state index in [2.05, 4.69) is 21.2 Å². The molecular formula is C23H19BrN2O3. The van der Waals surface area contributed by atoms with Crippen molar-refractivity contribution in [3.8, 4) is 0 Å². The number of halogens is 1. The van der Waals surface area contributed by atoms with Crippen molar-refractivity contribution in [2.75, 3.05) is 6.54 Å². The summed E-state index contributed by atoms with van der Waals surface area (Å²) in [5, 5.41) is 2.96. The first kappa shape index (κ1) is 19.2. The van der Waals surface area contributed by atoms with Crippen molar-refractivity contribution in [2.24, 2.45) is 0 Å². The van der Waals surface area contributed by atoms with Crippen LogP contribution in [0.3, 0.4) is 0 Å². The molecule has 1 aliphatic heterocycles. The number of fused-ring (bicyclic) bond motifs is 1. The minimum atomic E-state index is -0.560. The summed E-state index contributed by atoms with van der Waals surface area (Å²) < 4.78 is 6.42. The van der Waals surface area contributed by atoms with Crippen LogP contribution in [0.25, 0.3) is 5.70 Å². The van der Waals surface area contributed by atoms with Crippen molar-refractivity contribution in [2.45, 2.75) is 12.6 Å². The van der Waals surface area contributed by atoms with E-state index in [9.17, 15) is 9.59 Å². The maximum atomic E-state index is 13.0. The molecule has 1 atom stereocenters. The number of hydrogen-bond donors (Lipinski definition) is 1. The molecule has 0 saturated carbocycles. The predicted molar refractivity (Wildman–Crippen MR) is 115 cm³/mol. The van der Waals surface area contributed by atoms with Crippen molar-refractivity contribution >= 4 is 33.6 Å². The number of ether oxygens (including phenoxy) is 1. The Morgan fingerprint density at radius 3 is 2.52 bits per heavy atom. The monoisotopic (exact) mass is 450 g/mol. The summed E-state index contributed by atoms with van der Waals surface area (Å²) in [6.07, 6.45) is 5.16. The molecule has 0 saturated heterocycles. The molecule has 0 aromatic heterocycles. The normalized spacial score (nSPS) is 18.5. The first-order valence-corrected chi connectivity index (χ1v) is 10.0. The molecule has 6 heteroatoms. The molecule has 0 fully saturated rings. The molecule has 0 bridgehead atoms. The molecule has 2 aromatic rings. The number of allylic oxidation sites excluding steroid dienone is 2. The van der Waals surface area contributed by atoms with Gasteiger partial charge in [0.05, 0.1) is 11.7 Å². The zero-order chi connectivity index (χ0) is 20.2. The Labute approximate surface area is 177 Å². The number of rotatable bonds is 3. The summed E-state index contributed by atoms with van der Waals surface area (Å²) in [6, 6.07) is 18.7. The van der Waals surface area contributed by atoms with Crippen molar-refractivity contribution in [1.29, 1.82) is 0 Å². The van der Waals surface area contributed by atoms with E-state index in [1.807, 2.05) is 78.9 Å². The van der Waals surface area contributed by atoms with Crippen LogP contribution in [-0.2, 0) is 16.1 Å². The van der Waals surface area contributed by atoms with Crippen LogP contribution >= 0.6 is 15.9 Å². The van der Waals surface area contributed by atoms with Gasteiger partial charge in [-0.25, -0.2) is 4.79 Å². The van der Waals surface area contributed by atoms with Crippen molar-refractivity contribution < 1.29 is 14.3 Å². The second-order valence-electron chi connectivity index (χ2n) is 6.73. The largest absolute Gasteiger partial charge is 0.444 e. The Bertz CT molecular complexity index is 1010. The molecule has 1 heterocycles. The van der Waals surface area contributed by atoms with Gasteiger partial charge in [-0.3, -0.25) is 9.69 Å². The standard InChI is InChI=1S/C23H19BrN2O3/c24-18-11-12-20-19(13-18)22(17-9-5-2-6-10-17)26(14-21(27)25-20)23(28)29-15-16-7-3-1-4-8-16/h1-13,20H,14-15H2,(H,25,27). The van der Waals surface area contributed by atoms with Gasteiger partial charge in [-0.2, -0.15) is 0 Å². The summed E-state index contributed by atoms with van der Waals surface area (Å²) in [7, 11) is 0. The highest BCUT2D eigenvalue weighted by Crippen LogP contribution is 2.33. The average molecular weight is 451 g/mol. The lowest BCUT2D eigenvalue weighted by molar-refractivity contribution is -0.121. The first-order chi connectivity index (χ1) is 14.1. The number of amides is 2. The fourth-order valence-corrected chi connectivity index (χ4v) is 3.79. The van der Waals surface area contributed by atoms with Crippen LogP contribution < -0.4 is 5.32 Å². The second kappa shape index (κ2) is 8.49. The minimum absolute atomic E-state index is 0.114. The number of carbonyl (C=O) groups is 2. The Hall–Kier alpha value is -3.12. The number of nitrogens with zero attached hydrogens (tertiary/aromatic N) is 1. The summed E-state index contributed by atoms with van der Waals surface area (Å²) in [4.78, 5) is 27.0. The van der Waals surface area contributed by atoms with E-state index >= 15 is 0 Å². The molecule has 1 N–H and O–H groups in total. The third kappa shape index (κ3) is 4.32. The van der Waals surface area contributed by atoms with Crippen LogP contribution in [-0.4, -0.2) is 29.5 Å². The lowest BCUT2D eigenvalue weighted by atomic mass is 9.96. The van der Waals surface area contributed by atoms with Gasteiger partial charge in [0.1, 0.15) is 13.2 Å². The van der Waals surface area contributed by atoms with Gasteiger partial charge in [0.25, 0.3) is 0 Å². The molecule has 146 valence electrons. The van der Waals surface area contributed by atoms with Gasteiger partial charge in [0, 0.05) is 10.1 Å². The maximum absolute atomic E-state index is 13.0. The van der Waals surface area contributed by atoms with Gasteiger partial charge in [-0.1, -0.05) is 82.7 Å². The molecule has 0 radical (unpaired) electrons. The second-order valence-corrected chi connectivity index (χ2v) is 7.65. The molecule has 1 aliphatic carbocycles. The van der Waals surface area contributed by atoms with E-state index < -0.39 is 6.09 Å². The van der Waals surface area contributed by atoms with Crippen LogP contribution in [0.2, 0.25) is 0 Å². The first-order valence-electron chi connectivity index (χ1n) is 9.24. The fourth-order valence-electron chi connectivity index (χ4n) is 3.39. The van der Waals surface area contributed by atoms with E-state index in [4.69, 9.17) is 4.74 Å². The van der Waals surface area contributed by atoms with Crippen LogP contribution in [0, 0.1) is 0 Å². The fraction of sp³-hybridized carbons (Fsp3) is 0.130. The van der Waals surface area contributed by atoms with Crippen LogP contribution in [0.5, 0.6) is 0 Å². The van der Waals surface area contributed by atoms with Crippen molar-refractivity contribution in [3.05, 3.63) is 100 Å². The molecule has 1 unspecified atom stereocenters. The molecule has 29 heavy (non-hydrogen) atoms. The number of benzene rings is 2. The lowest BCUT2D eigenvalue weighted by Gasteiger charge is -2.26. The summed E-state index contributed by atoms with van der Waals surface area (Å²) in [5.41, 5.74) is 3.21. The van der Waals surface area contributed by atoms with E-state index in [0.29, 0.717) is 5.70 Å². The van der Waals surface area contributed by atoms with Crippen molar-refractivity contribution in [1.82, 2.24) is 10.2 Å². The highest BCUT2D eigenvalue weighted by atomic mass is 79.9. The van der Waals surface area contributed by atoms with E-state index in [0.717, 1.165) is 21.2 Å². The van der Waals surface area contributed by atoms with Gasteiger partial charge < -0.3 is 10.1 Å². The average Bonchev–Trinajstić information content (AvgIpc) is 2.89. The van der Waals surface area contributed by atoms with Gasteiger partial charge in [0.15, 0.2) is 0 Å². The summed E-state index contributed by atoms with van der Waals surface area (Å²) >= 11 is 3.50. The quantitative estimate of drug-likeness (QED) is 0.754. The van der Waals surface area contributed by atoms with E-state index in [-0.39, 0.29) is 25.1 Å².